The molecule has 0 aliphatic carbocycles. The first-order valence-electron chi connectivity index (χ1n) is 6.13. The van der Waals surface area contributed by atoms with Crippen LogP contribution in [0.5, 0.6) is 0 Å². The summed E-state index contributed by atoms with van der Waals surface area (Å²) in [4.78, 5) is 22.8. The van der Waals surface area contributed by atoms with Crippen molar-refractivity contribution in [2.45, 2.75) is 0 Å². The van der Waals surface area contributed by atoms with Crippen LogP contribution in [-0.2, 0) is 4.79 Å². The van der Waals surface area contributed by atoms with Gasteiger partial charge in [-0.1, -0.05) is 24.3 Å². The fourth-order valence-corrected chi connectivity index (χ4v) is 1.74. The van der Waals surface area contributed by atoms with E-state index < -0.39 is 17.7 Å². The Kier molecular flexibility index (Phi) is 4.46. The molecule has 5 heteroatoms. The molecule has 0 aliphatic heterocycles. The van der Waals surface area contributed by atoms with Gasteiger partial charge in [0.1, 0.15) is 5.82 Å². The van der Waals surface area contributed by atoms with E-state index in [2.05, 4.69) is 5.32 Å². The van der Waals surface area contributed by atoms with Crippen molar-refractivity contribution in [2.75, 3.05) is 5.32 Å². The molecular formula is C16H12FNO3. The van der Waals surface area contributed by atoms with Crippen LogP contribution in [0.1, 0.15) is 15.9 Å². The van der Waals surface area contributed by atoms with Crippen LogP contribution in [0.15, 0.2) is 54.6 Å². The smallest absolute Gasteiger partial charge is 0.337 e. The van der Waals surface area contributed by atoms with E-state index in [9.17, 15) is 14.0 Å². The predicted octanol–water partition coefficient (Wildman–Crippen LogP) is 3.18. The maximum Gasteiger partial charge on any atom is 0.337 e. The Labute approximate surface area is 120 Å². The number of carbonyl (C=O) groups is 2. The van der Waals surface area contributed by atoms with E-state index in [1.807, 2.05) is 0 Å². The lowest BCUT2D eigenvalue weighted by atomic mass is 10.1. The molecular weight excluding hydrogens is 273 g/mol. The lowest BCUT2D eigenvalue weighted by Crippen LogP contribution is -2.11. The number of nitrogens with one attached hydrogen (secondary N) is 1. The number of hydrogen-bond acceptors (Lipinski definition) is 2. The minimum absolute atomic E-state index is 0.00463. The number of carbonyl (C=O) groups excluding carboxylic acids is 1. The summed E-state index contributed by atoms with van der Waals surface area (Å²) in [7, 11) is 0. The molecule has 2 aromatic rings. The highest BCUT2D eigenvalue weighted by molar-refractivity contribution is 6.06. The monoisotopic (exact) mass is 285 g/mol. The van der Waals surface area contributed by atoms with Crippen LogP contribution in [0.25, 0.3) is 6.08 Å². The number of halogens is 1. The van der Waals surface area contributed by atoms with Crippen molar-refractivity contribution >= 4 is 23.6 Å². The Morgan fingerprint density at radius 3 is 2.57 bits per heavy atom. The van der Waals surface area contributed by atoms with Crippen LogP contribution in [0, 0.1) is 5.82 Å². The molecule has 2 N–H and O–H groups in total. The van der Waals surface area contributed by atoms with E-state index in [0.717, 1.165) is 0 Å². The molecule has 0 bridgehead atoms. The highest BCUT2D eigenvalue weighted by atomic mass is 19.1. The Morgan fingerprint density at radius 2 is 1.86 bits per heavy atom. The quantitative estimate of drug-likeness (QED) is 0.848. The average molecular weight is 285 g/mol. The fraction of sp³-hybridized carbons (Fsp3) is 0. The Balaban J connectivity index is 2.10. The molecule has 2 rings (SSSR count). The third kappa shape index (κ3) is 4.01. The lowest BCUT2D eigenvalue weighted by molar-refractivity contribution is -0.111. The van der Waals surface area contributed by atoms with E-state index in [-0.39, 0.29) is 11.3 Å². The molecule has 0 saturated heterocycles. The van der Waals surface area contributed by atoms with Gasteiger partial charge in [-0.2, -0.15) is 0 Å². The molecule has 0 heterocycles. The number of benzene rings is 2. The van der Waals surface area contributed by atoms with Gasteiger partial charge in [-0.25, -0.2) is 9.18 Å². The second-order valence-electron chi connectivity index (χ2n) is 4.23. The molecule has 0 aromatic heterocycles. The number of para-hydroxylation sites is 1. The van der Waals surface area contributed by atoms with E-state index in [1.165, 1.54) is 42.5 Å². The fourth-order valence-electron chi connectivity index (χ4n) is 1.74. The second-order valence-corrected chi connectivity index (χ2v) is 4.23. The van der Waals surface area contributed by atoms with Crippen molar-refractivity contribution < 1.29 is 19.1 Å². The molecule has 21 heavy (non-hydrogen) atoms. The molecule has 1 amide bonds. The van der Waals surface area contributed by atoms with Gasteiger partial charge in [0.05, 0.1) is 11.3 Å². The summed E-state index contributed by atoms with van der Waals surface area (Å²) in [6, 6.07) is 11.9. The number of rotatable bonds is 4. The van der Waals surface area contributed by atoms with Gasteiger partial charge in [0.15, 0.2) is 0 Å². The normalized spacial score (nSPS) is 10.5. The van der Waals surface area contributed by atoms with Crippen molar-refractivity contribution in [3.8, 4) is 0 Å². The van der Waals surface area contributed by atoms with E-state index in [0.29, 0.717) is 5.56 Å². The lowest BCUT2D eigenvalue weighted by Gasteiger charge is -2.05. The topological polar surface area (TPSA) is 66.4 Å². The number of anilines is 1. The Bertz CT molecular complexity index is 710. The number of hydrogen-bond donors (Lipinski definition) is 2. The van der Waals surface area contributed by atoms with E-state index in [4.69, 9.17) is 5.11 Å². The summed E-state index contributed by atoms with van der Waals surface area (Å²) in [6.45, 7) is 0. The van der Waals surface area contributed by atoms with Gasteiger partial charge < -0.3 is 10.4 Å². The first-order valence-corrected chi connectivity index (χ1v) is 6.13. The summed E-state index contributed by atoms with van der Waals surface area (Å²) >= 11 is 0. The number of amides is 1. The van der Waals surface area contributed by atoms with Crippen molar-refractivity contribution in [1.29, 1.82) is 0 Å². The SMILES string of the molecule is O=C(C=Cc1cccc(F)c1)Nc1ccccc1C(=O)O. The third-order valence-corrected chi connectivity index (χ3v) is 2.69. The zero-order valence-electron chi connectivity index (χ0n) is 10.9. The molecule has 0 saturated carbocycles. The first kappa shape index (κ1) is 14.5. The minimum Gasteiger partial charge on any atom is -0.478 e. The van der Waals surface area contributed by atoms with Crippen LogP contribution >= 0.6 is 0 Å². The average Bonchev–Trinajstić information content (AvgIpc) is 2.45. The maximum absolute atomic E-state index is 13.0. The molecule has 0 fully saturated rings. The first-order chi connectivity index (χ1) is 10.1. The van der Waals surface area contributed by atoms with Gasteiger partial charge in [0.25, 0.3) is 0 Å². The molecule has 0 atom stereocenters. The van der Waals surface area contributed by atoms with Gasteiger partial charge >= 0.3 is 5.97 Å². The van der Waals surface area contributed by atoms with Crippen LogP contribution in [0.4, 0.5) is 10.1 Å². The van der Waals surface area contributed by atoms with Crippen LogP contribution in [-0.4, -0.2) is 17.0 Å². The summed E-state index contributed by atoms with van der Waals surface area (Å²) in [5.74, 6) is -2.01. The van der Waals surface area contributed by atoms with Gasteiger partial charge in [0.2, 0.25) is 5.91 Å². The summed E-state index contributed by atoms with van der Waals surface area (Å²) < 4.78 is 13.0. The van der Waals surface area contributed by atoms with Crippen molar-refractivity contribution in [1.82, 2.24) is 0 Å². The Hall–Kier alpha value is -2.95. The van der Waals surface area contributed by atoms with Gasteiger partial charge in [-0.15, -0.1) is 0 Å². The summed E-state index contributed by atoms with van der Waals surface area (Å²) in [6.07, 6.45) is 2.66. The minimum atomic E-state index is -1.12. The molecule has 0 aliphatic rings. The van der Waals surface area contributed by atoms with E-state index in [1.54, 1.807) is 18.2 Å². The standard InChI is InChI=1S/C16H12FNO3/c17-12-5-3-4-11(10-12)8-9-15(19)18-14-7-2-1-6-13(14)16(20)21/h1-10H,(H,18,19)(H,20,21). The van der Waals surface area contributed by atoms with Crippen LogP contribution < -0.4 is 5.32 Å². The van der Waals surface area contributed by atoms with Crippen molar-refractivity contribution in [2.24, 2.45) is 0 Å². The molecule has 0 radical (unpaired) electrons. The largest absolute Gasteiger partial charge is 0.478 e. The van der Waals surface area contributed by atoms with Crippen molar-refractivity contribution in [3.05, 3.63) is 71.6 Å². The predicted molar refractivity (Wildman–Crippen MR) is 77.5 cm³/mol. The molecule has 4 nitrogen and oxygen atoms in total. The van der Waals surface area contributed by atoms with Gasteiger partial charge in [-0.3, -0.25) is 4.79 Å². The summed E-state index contributed by atoms with van der Waals surface area (Å²) in [5.41, 5.74) is 0.751. The summed E-state index contributed by atoms with van der Waals surface area (Å²) in [5, 5.41) is 11.5. The highest BCUT2D eigenvalue weighted by Gasteiger charge is 2.09. The van der Waals surface area contributed by atoms with Gasteiger partial charge in [0, 0.05) is 6.08 Å². The molecule has 0 unspecified atom stereocenters. The zero-order valence-corrected chi connectivity index (χ0v) is 10.9. The molecule has 106 valence electrons. The van der Waals surface area contributed by atoms with E-state index >= 15 is 0 Å². The molecule has 2 aromatic carbocycles. The van der Waals surface area contributed by atoms with Gasteiger partial charge in [-0.05, 0) is 35.9 Å². The number of aromatic carboxylic acids is 1. The highest BCUT2D eigenvalue weighted by Crippen LogP contribution is 2.15. The zero-order chi connectivity index (χ0) is 15.2. The maximum atomic E-state index is 13.0. The second kappa shape index (κ2) is 6.47. The van der Waals surface area contributed by atoms with Crippen molar-refractivity contribution in [3.63, 3.8) is 0 Å². The van der Waals surface area contributed by atoms with Crippen LogP contribution in [0.2, 0.25) is 0 Å². The third-order valence-electron chi connectivity index (χ3n) is 2.69. The number of carboxylic acids is 1. The van der Waals surface area contributed by atoms with Crippen LogP contribution in [0.3, 0.4) is 0 Å². The Morgan fingerprint density at radius 1 is 1.10 bits per heavy atom. The molecule has 0 spiro atoms. The number of carboxylic acid groups (broad SMARTS) is 1.